The Labute approximate surface area is 191 Å². The molecule has 0 bridgehead atoms. The van der Waals surface area contributed by atoms with Crippen LogP contribution in [0.25, 0.3) is 0 Å². The molecule has 3 nitrogen and oxygen atoms in total. The summed E-state index contributed by atoms with van der Waals surface area (Å²) in [5.74, 6) is 3.95. The summed E-state index contributed by atoms with van der Waals surface area (Å²) in [6, 6.07) is 6.40. The second kappa shape index (κ2) is 11.1. The van der Waals surface area contributed by atoms with Crippen LogP contribution in [0.4, 0.5) is 0 Å². The van der Waals surface area contributed by atoms with Crippen molar-refractivity contribution in [2.75, 3.05) is 7.11 Å². The minimum absolute atomic E-state index is 0.209. The molecule has 2 fully saturated rings. The van der Waals surface area contributed by atoms with Crippen LogP contribution in [0.3, 0.4) is 0 Å². The number of aryl methyl sites for hydroxylation is 1. The fourth-order valence-corrected chi connectivity index (χ4v) is 5.31. The molecule has 2 saturated carbocycles. The van der Waals surface area contributed by atoms with E-state index in [1.807, 2.05) is 0 Å². The Hall–Kier alpha value is -1.22. The minimum atomic E-state index is -0.209. The van der Waals surface area contributed by atoms with E-state index in [0.717, 1.165) is 42.6 Å². The number of ether oxygens (including phenoxy) is 3. The van der Waals surface area contributed by atoms with Crippen LogP contribution in [-0.2, 0) is 11.2 Å². The molecule has 0 saturated heterocycles. The largest absolute Gasteiger partial charge is 0.493 e. The lowest BCUT2D eigenvalue weighted by atomic mass is 9.70. The molecule has 0 radical (unpaired) electrons. The van der Waals surface area contributed by atoms with Crippen molar-refractivity contribution in [2.45, 2.75) is 111 Å². The summed E-state index contributed by atoms with van der Waals surface area (Å²) in [4.78, 5) is 0. The predicted octanol–water partition coefficient (Wildman–Crippen LogP) is 7.80. The summed E-state index contributed by atoms with van der Waals surface area (Å²) in [6.45, 7) is 11.3. The van der Waals surface area contributed by atoms with Crippen LogP contribution in [-0.4, -0.2) is 19.5 Å². The quantitative estimate of drug-likeness (QED) is 0.374. The van der Waals surface area contributed by atoms with Gasteiger partial charge in [-0.2, -0.15) is 0 Å². The Morgan fingerprint density at radius 1 is 0.968 bits per heavy atom. The lowest BCUT2D eigenvalue weighted by Crippen LogP contribution is -2.36. The van der Waals surface area contributed by atoms with E-state index < -0.39 is 0 Å². The van der Waals surface area contributed by atoms with Crippen molar-refractivity contribution < 1.29 is 14.2 Å². The Balaban J connectivity index is 1.64. The molecule has 2 aliphatic rings. The molecule has 0 aromatic heterocycles. The third-order valence-electron chi connectivity index (χ3n) is 7.15. The van der Waals surface area contributed by atoms with E-state index in [-0.39, 0.29) is 6.29 Å². The second-order valence-electron chi connectivity index (χ2n) is 11.6. The van der Waals surface area contributed by atoms with Crippen molar-refractivity contribution in [1.82, 2.24) is 0 Å². The summed E-state index contributed by atoms with van der Waals surface area (Å²) in [5.41, 5.74) is 1.63. The maximum absolute atomic E-state index is 6.60. The Bertz CT molecular complexity index is 675. The van der Waals surface area contributed by atoms with E-state index in [0.29, 0.717) is 17.4 Å². The van der Waals surface area contributed by atoms with Crippen molar-refractivity contribution in [3.63, 3.8) is 0 Å². The zero-order valence-corrected chi connectivity index (χ0v) is 20.9. The van der Waals surface area contributed by atoms with Gasteiger partial charge in [-0.25, -0.2) is 0 Å². The molecule has 0 N–H and O–H groups in total. The van der Waals surface area contributed by atoms with E-state index in [1.165, 1.54) is 50.5 Å². The van der Waals surface area contributed by atoms with Gasteiger partial charge in [0.2, 0.25) is 6.29 Å². The Morgan fingerprint density at radius 3 is 2.39 bits per heavy atom. The molecule has 4 atom stereocenters. The highest BCUT2D eigenvalue weighted by atomic mass is 16.7. The van der Waals surface area contributed by atoms with Crippen LogP contribution in [0, 0.1) is 23.2 Å². The van der Waals surface area contributed by atoms with E-state index >= 15 is 0 Å². The van der Waals surface area contributed by atoms with Gasteiger partial charge in [0.05, 0.1) is 13.2 Å². The molecule has 3 heteroatoms. The highest BCUT2D eigenvalue weighted by Crippen LogP contribution is 2.42. The van der Waals surface area contributed by atoms with Gasteiger partial charge in [0.25, 0.3) is 0 Å². The smallest absolute Gasteiger partial charge is 0.200 e. The topological polar surface area (TPSA) is 27.7 Å². The van der Waals surface area contributed by atoms with Gasteiger partial charge in [0.1, 0.15) is 0 Å². The Morgan fingerprint density at radius 2 is 1.71 bits per heavy atom. The minimum Gasteiger partial charge on any atom is -0.493 e. The third kappa shape index (κ3) is 7.70. The third-order valence-corrected chi connectivity index (χ3v) is 7.15. The summed E-state index contributed by atoms with van der Waals surface area (Å²) in [5, 5.41) is 0. The van der Waals surface area contributed by atoms with Crippen molar-refractivity contribution in [3.8, 4) is 11.5 Å². The van der Waals surface area contributed by atoms with E-state index in [9.17, 15) is 0 Å². The van der Waals surface area contributed by atoms with Gasteiger partial charge in [0, 0.05) is 6.42 Å². The SMILES string of the molecule is COc1cc(CCC(C)(C)C)ccc1OC(CC(C)C)OC1CCC2CCCCC2C1. The summed E-state index contributed by atoms with van der Waals surface area (Å²) in [6.07, 6.45) is 12.6. The van der Waals surface area contributed by atoms with E-state index in [1.54, 1.807) is 7.11 Å². The van der Waals surface area contributed by atoms with Gasteiger partial charge in [-0.1, -0.05) is 66.4 Å². The molecular weight excluding hydrogens is 384 g/mol. The first-order valence-electron chi connectivity index (χ1n) is 12.7. The van der Waals surface area contributed by atoms with Crippen molar-refractivity contribution in [2.24, 2.45) is 23.2 Å². The fraction of sp³-hybridized carbons (Fsp3) is 0.786. The van der Waals surface area contributed by atoms with Crippen LogP contribution >= 0.6 is 0 Å². The number of hydrogen-bond donors (Lipinski definition) is 0. The van der Waals surface area contributed by atoms with Gasteiger partial charge >= 0.3 is 0 Å². The first-order chi connectivity index (χ1) is 14.7. The molecular formula is C28H46O3. The first-order valence-corrected chi connectivity index (χ1v) is 12.7. The van der Waals surface area contributed by atoms with E-state index in [2.05, 4.69) is 52.8 Å². The van der Waals surface area contributed by atoms with Gasteiger partial charge in [-0.15, -0.1) is 0 Å². The molecule has 4 unspecified atom stereocenters. The molecule has 2 aliphatic carbocycles. The van der Waals surface area contributed by atoms with Crippen LogP contribution < -0.4 is 9.47 Å². The summed E-state index contributed by atoms with van der Waals surface area (Å²) in [7, 11) is 1.73. The number of fused-ring (bicyclic) bond motifs is 1. The number of rotatable bonds is 9. The zero-order chi connectivity index (χ0) is 22.4. The average Bonchev–Trinajstić information content (AvgIpc) is 2.72. The average molecular weight is 431 g/mol. The Kier molecular flexibility index (Phi) is 8.73. The normalized spacial score (nSPS) is 25.2. The fourth-order valence-electron chi connectivity index (χ4n) is 5.31. The molecule has 0 spiro atoms. The maximum Gasteiger partial charge on any atom is 0.200 e. The molecule has 0 aliphatic heterocycles. The zero-order valence-electron chi connectivity index (χ0n) is 20.9. The van der Waals surface area contributed by atoms with Crippen molar-refractivity contribution in [1.29, 1.82) is 0 Å². The monoisotopic (exact) mass is 430 g/mol. The molecule has 0 heterocycles. The molecule has 3 rings (SSSR count). The maximum atomic E-state index is 6.60. The lowest BCUT2D eigenvalue weighted by Gasteiger charge is -2.40. The molecule has 1 aromatic rings. The van der Waals surface area contributed by atoms with Gasteiger partial charge in [-0.3, -0.25) is 0 Å². The highest BCUT2D eigenvalue weighted by Gasteiger charge is 2.34. The summed E-state index contributed by atoms with van der Waals surface area (Å²) < 4.78 is 18.7. The standard InChI is InChI=1S/C28H46O3/c1-20(2)17-27(30-24-13-12-22-9-7-8-10-23(22)19-24)31-25-14-11-21(18-26(25)29-6)15-16-28(3,4)5/h11,14,18,20,22-24,27H,7-10,12-13,15-17,19H2,1-6H3. The number of methoxy groups -OCH3 is 1. The van der Waals surface area contributed by atoms with Crippen LogP contribution in [0.5, 0.6) is 11.5 Å². The summed E-state index contributed by atoms with van der Waals surface area (Å²) >= 11 is 0. The molecule has 176 valence electrons. The van der Waals surface area contributed by atoms with Crippen LogP contribution in [0.15, 0.2) is 18.2 Å². The highest BCUT2D eigenvalue weighted by molar-refractivity contribution is 5.43. The number of benzene rings is 1. The molecule has 1 aromatic carbocycles. The van der Waals surface area contributed by atoms with Crippen molar-refractivity contribution in [3.05, 3.63) is 23.8 Å². The van der Waals surface area contributed by atoms with Crippen molar-refractivity contribution >= 4 is 0 Å². The molecule has 0 amide bonds. The van der Waals surface area contributed by atoms with E-state index in [4.69, 9.17) is 14.2 Å². The van der Waals surface area contributed by atoms with Crippen LogP contribution in [0.2, 0.25) is 0 Å². The van der Waals surface area contributed by atoms with Crippen LogP contribution in [0.1, 0.15) is 98.0 Å². The predicted molar refractivity (Wildman–Crippen MR) is 129 cm³/mol. The van der Waals surface area contributed by atoms with Gasteiger partial charge in [-0.05, 0) is 73.0 Å². The molecule has 31 heavy (non-hydrogen) atoms. The van der Waals surface area contributed by atoms with Gasteiger partial charge < -0.3 is 14.2 Å². The number of hydrogen-bond acceptors (Lipinski definition) is 3. The van der Waals surface area contributed by atoms with Gasteiger partial charge in [0.15, 0.2) is 11.5 Å². The lowest BCUT2D eigenvalue weighted by molar-refractivity contribution is -0.147. The second-order valence-corrected chi connectivity index (χ2v) is 11.6. The first kappa shape index (κ1) is 24.4.